The third-order valence-electron chi connectivity index (χ3n) is 5.69. The first-order chi connectivity index (χ1) is 13.2. The number of anilines is 1. The quantitative estimate of drug-likeness (QED) is 0.694. The van der Waals surface area contributed by atoms with Crippen LogP contribution in [-0.2, 0) is 9.59 Å². The molecule has 1 aromatic carbocycles. The molecule has 8 heteroatoms. The molecule has 2 fully saturated rings. The average Bonchev–Trinajstić information content (AvgIpc) is 2.85. The Morgan fingerprint density at radius 3 is 2.68 bits per heavy atom. The molecule has 1 saturated carbocycles. The fourth-order valence-electron chi connectivity index (χ4n) is 4.06. The van der Waals surface area contributed by atoms with Gasteiger partial charge in [0.15, 0.2) is 0 Å². The Kier molecular flexibility index (Phi) is 5.40. The number of imide groups is 2. The number of aryl methyl sites for hydroxylation is 2. The van der Waals surface area contributed by atoms with Crippen molar-refractivity contribution in [3.63, 3.8) is 0 Å². The van der Waals surface area contributed by atoms with Gasteiger partial charge in [0.05, 0.1) is 0 Å². The maximum atomic E-state index is 12.9. The molecule has 6 amide bonds. The van der Waals surface area contributed by atoms with E-state index >= 15 is 0 Å². The highest BCUT2D eigenvalue weighted by Gasteiger charge is 2.55. The standard InChI is InChI=1S/C20H26N4O4/c1-12-7-8-15(13(2)10-12)21-18(27)22-16(25)11-24-17(26)20(23-19(24)28)9-5-4-6-14(20)3/h7-8,10,14H,4-6,9,11H2,1-3H3,(H,23,28)(H2,21,22,25,27)/t14-,20-/m1/s1. The summed E-state index contributed by atoms with van der Waals surface area (Å²) in [6.07, 6.45) is 3.30. The molecule has 8 nitrogen and oxygen atoms in total. The molecular formula is C20H26N4O4. The Morgan fingerprint density at radius 1 is 1.25 bits per heavy atom. The second-order valence-corrected chi connectivity index (χ2v) is 7.76. The lowest BCUT2D eigenvalue weighted by molar-refractivity contribution is -0.137. The number of benzene rings is 1. The van der Waals surface area contributed by atoms with Gasteiger partial charge in [-0.2, -0.15) is 0 Å². The van der Waals surface area contributed by atoms with Crippen LogP contribution in [0.2, 0.25) is 0 Å². The van der Waals surface area contributed by atoms with Crippen LogP contribution in [0, 0.1) is 19.8 Å². The van der Waals surface area contributed by atoms with E-state index in [0.29, 0.717) is 12.1 Å². The predicted octanol–water partition coefficient (Wildman–Crippen LogP) is 2.45. The van der Waals surface area contributed by atoms with Gasteiger partial charge in [0, 0.05) is 5.69 Å². The highest BCUT2D eigenvalue weighted by molar-refractivity contribution is 6.11. The maximum Gasteiger partial charge on any atom is 0.325 e. The number of rotatable bonds is 3. The van der Waals surface area contributed by atoms with Crippen molar-refractivity contribution in [2.45, 2.75) is 52.0 Å². The molecule has 28 heavy (non-hydrogen) atoms. The van der Waals surface area contributed by atoms with Crippen molar-refractivity contribution in [1.82, 2.24) is 15.5 Å². The first kappa shape index (κ1) is 19.9. The first-order valence-electron chi connectivity index (χ1n) is 9.55. The van der Waals surface area contributed by atoms with Crippen molar-refractivity contribution in [2.24, 2.45) is 5.92 Å². The molecule has 0 aromatic heterocycles. The second-order valence-electron chi connectivity index (χ2n) is 7.76. The Hall–Kier alpha value is -2.90. The summed E-state index contributed by atoms with van der Waals surface area (Å²) in [7, 11) is 0. The first-order valence-corrected chi connectivity index (χ1v) is 9.55. The van der Waals surface area contributed by atoms with Crippen LogP contribution in [0.5, 0.6) is 0 Å². The van der Waals surface area contributed by atoms with E-state index in [1.165, 1.54) is 0 Å². The molecule has 0 unspecified atom stereocenters. The summed E-state index contributed by atoms with van der Waals surface area (Å²) in [6.45, 7) is 5.25. The van der Waals surface area contributed by atoms with Crippen molar-refractivity contribution in [2.75, 3.05) is 11.9 Å². The van der Waals surface area contributed by atoms with Gasteiger partial charge in [0.2, 0.25) is 5.91 Å². The molecule has 3 rings (SSSR count). The van der Waals surface area contributed by atoms with Crippen molar-refractivity contribution >= 4 is 29.6 Å². The summed E-state index contributed by atoms with van der Waals surface area (Å²) in [5, 5.41) is 7.57. The molecule has 1 aromatic rings. The molecule has 2 atom stereocenters. The van der Waals surface area contributed by atoms with Crippen molar-refractivity contribution in [3.05, 3.63) is 29.3 Å². The van der Waals surface area contributed by atoms with Gasteiger partial charge in [-0.25, -0.2) is 9.59 Å². The van der Waals surface area contributed by atoms with Gasteiger partial charge in [-0.15, -0.1) is 0 Å². The molecule has 0 bridgehead atoms. The number of hydrogen-bond donors (Lipinski definition) is 3. The Balaban J connectivity index is 1.60. The van der Waals surface area contributed by atoms with Crippen molar-refractivity contribution in [3.8, 4) is 0 Å². The lowest BCUT2D eigenvalue weighted by Crippen LogP contribution is -2.54. The third kappa shape index (κ3) is 3.72. The van der Waals surface area contributed by atoms with Crippen LogP contribution in [0.1, 0.15) is 43.7 Å². The number of hydrogen-bond acceptors (Lipinski definition) is 4. The van der Waals surface area contributed by atoms with Crippen LogP contribution < -0.4 is 16.0 Å². The molecule has 2 aliphatic rings. The number of amides is 6. The highest BCUT2D eigenvalue weighted by atomic mass is 16.2. The minimum atomic E-state index is -0.920. The minimum Gasteiger partial charge on any atom is -0.323 e. The fourth-order valence-corrected chi connectivity index (χ4v) is 4.06. The molecule has 3 N–H and O–H groups in total. The predicted molar refractivity (Wildman–Crippen MR) is 104 cm³/mol. The second kappa shape index (κ2) is 7.61. The Bertz CT molecular complexity index is 837. The molecule has 150 valence electrons. The summed E-state index contributed by atoms with van der Waals surface area (Å²) in [5.41, 5.74) is 1.59. The smallest absolute Gasteiger partial charge is 0.323 e. The van der Waals surface area contributed by atoms with E-state index in [9.17, 15) is 19.2 Å². The van der Waals surface area contributed by atoms with Crippen LogP contribution in [-0.4, -0.2) is 40.9 Å². The molecule has 1 aliphatic heterocycles. The van der Waals surface area contributed by atoms with Crippen molar-refractivity contribution in [1.29, 1.82) is 0 Å². The third-order valence-corrected chi connectivity index (χ3v) is 5.69. The molecule has 0 radical (unpaired) electrons. The Labute approximate surface area is 164 Å². The van der Waals surface area contributed by atoms with E-state index in [1.54, 1.807) is 6.07 Å². The van der Waals surface area contributed by atoms with E-state index in [1.807, 2.05) is 32.9 Å². The summed E-state index contributed by atoms with van der Waals surface area (Å²) in [6, 6.07) is 4.23. The average molecular weight is 386 g/mol. The zero-order valence-electron chi connectivity index (χ0n) is 16.4. The van der Waals surface area contributed by atoms with Gasteiger partial charge in [-0.3, -0.25) is 19.8 Å². The summed E-state index contributed by atoms with van der Waals surface area (Å²) in [5.74, 6) is -1.08. The normalized spacial score (nSPS) is 24.2. The highest BCUT2D eigenvalue weighted by Crippen LogP contribution is 2.38. The minimum absolute atomic E-state index is 0.0126. The van der Waals surface area contributed by atoms with E-state index in [0.717, 1.165) is 35.3 Å². The van der Waals surface area contributed by atoms with Gasteiger partial charge in [0.1, 0.15) is 12.1 Å². The fraction of sp³-hybridized carbons (Fsp3) is 0.500. The van der Waals surface area contributed by atoms with E-state index in [-0.39, 0.29) is 11.8 Å². The number of urea groups is 2. The number of carbonyl (C=O) groups is 4. The molecular weight excluding hydrogens is 360 g/mol. The van der Waals surface area contributed by atoms with Gasteiger partial charge >= 0.3 is 12.1 Å². The molecule has 1 aliphatic carbocycles. The van der Waals surface area contributed by atoms with Gasteiger partial charge < -0.3 is 10.6 Å². The zero-order valence-corrected chi connectivity index (χ0v) is 16.4. The number of carbonyl (C=O) groups excluding carboxylic acids is 4. The monoisotopic (exact) mass is 386 g/mol. The SMILES string of the molecule is Cc1ccc(NC(=O)NC(=O)CN2C(=O)N[C@@]3(CCCC[C@H]3C)C2=O)c(C)c1. The van der Waals surface area contributed by atoms with E-state index < -0.39 is 30.1 Å². The Morgan fingerprint density at radius 2 is 2.00 bits per heavy atom. The van der Waals surface area contributed by atoms with Gasteiger partial charge in [-0.1, -0.05) is 37.5 Å². The van der Waals surface area contributed by atoms with Crippen LogP contribution in [0.25, 0.3) is 0 Å². The van der Waals surface area contributed by atoms with Crippen LogP contribution >= 0.6 is 0 Å². The largest absolute Gasteiger partial charge is 0.325 e. The number of nitrogens with one attached hydrogen (secondary N) is 3. The molecule has 1 saturated heterocycles. The summed E-state index contributed by atoms with van der Waals surface area (Å²) < 4.78 is 0. The lowest BCUT2D eigenvalue weighted by atomic mass is 9.73. The van der Waals surface area contributed by atoms with Crippen LogP contribution in [0.4, 0.5) is 15.3 Å². The van der Waals surface area contributed by atoms with Crippen LogP contribution in [0.3, 0.4) is 0 Å². The van der Waals surface area contributed by atoms with E-state index in [4.69, 9.17) is 0 Å². The van der Waals surface area contributed by atoms with Gasteiger partial charge in [0.25, 0.3) is 5.91 Å². The summed E-state index contributed by atoms with van der Waals surface area (Å²) in [4.78, 5) is 50.4. The molecule has 1 heterocycles. The maximum absolute atomic E-state index is 12.9. The summed E-state index contributed by atoms with van der Waals surface area (Å²) >= 11 is 0. The molecule has 1 spiro atoms. The van der Waals surface area contributed by atoms with Gasteiger partial charge in [-0.05, 0) is 44.2 Å². The lowest BCUT2D eigenvalue weighted by Gasteiger charge is -2.36. The zero-order chi connectivity index (χ0) is 20.5. The van der Waals surface area contributed by atoms with Crippen LogP contribution in [0.15, 0.2) is 18.2 Å². The van der Waals surface area contributed by atoms with E-state index in [2.05, 4.69) is 16.0 Å². The number of nitrogens with zero attached hydrogens (tertiary/aromatic N) is 1. The topological polar surface area (TPSA) is 108 Å². The van der Waals surface area contributed by atoms with Crippen molar-refractivity contribution < 1.29 is 19.2 Å².